The smallest absolute Gasteiger partial charge is 0.138 e. The van der Waals surface area contributed by atoms with Gasteiger partial charge in [-0.15, -0.1) is 0 Å². The maximum atomic E-state index is 11.9. The van der Waals surface area contributed by atoms with Crippen LogP contribution in [0.1, 0.15) is 68.5 Å². The van der Waals surface area contributed by atoms with Crippen LogP contribution in [0.3, 0.4) is 0 Å². The van der Waals surface area contributed by atoms with Crippen LogP contribution in [0.2, 0.25) is 0 Å². The lowest BCUT2D eigenvalue weighted by molar-refractivity contribution is 0.0510. The number of nitriles is 1. The summed E-state index contributed by atoms with van der Waals surface area (Å²) in [6.45, 7) is 2.45. The summed E-state index contributed by atoms with van der Waals surface area (Å²) in [7, 11) is 4.13. The van der Waals surface area contributed by atoms with Crippen LogP contribution >= 0.6 is 0 Å². The minimum Gasteiger partial charge on any atom is -0.506 e. The number of aromatic hydroxyl groups is 1. The first kappa shape index (κ1) is 25.3. The van der Waals surface area contributed by atoms with E-state index in [0.717, 1.165) is 29.8 Å². The topological polar surface area (TPSA) is 70.7 Å². The first-order valence-electron chi connectivity index (χ1n) is 13.5. The highest BCUT2D eigenvalue weighted by atomic mass is 16.3. The van der Waals surface area contributed by atoms with Gasteiger partial charge in [0.1, 0.15) is 11.8 Å². The quantitative estimate of drug-likeness (QED) is 0.365. The van der Waals surface area contributed by atoms with E-state index in [1.54, 1.807) is 6.07 Å². The molecular weight excluding hydrogens is 482 g/mol. The standard InChI is InChI=1S/C34H33N3O2/c1-36-19-26-17-24(13-15-27(26)29(20-36)22-9-5-3-6-10-22)34(39)32-31-28(16-14-25(18-35)33(31)38)30(21-37(32)2)23-11-7-4-8-12-23/h3-17,29-30,32,34,38-39H,19-21H2,1-2H3. The highest BCUT2D eigenvalue weighted by Gasteiger charge is 2.39. The fourth-order valence-corrected chi connectivity index (χ4v) is 6.62. The number of aliphatic hydroxyl groups excluding tert-OH is 1. The van der Waals surface area contributed by atoms with Gasteiger partial charge in [0, 0.05) is 37.0 Å². The van der Waals surface area contributed by atoms with Gasteiger partial charge < -0.3 is 15.1 Å². The number of rotatable bonds is 4. The largest absolute Gasteiger partial charge is 0.506 e. The fraction of sp³-hybridized carbons (Fsp3) is 0.265. The molecule has 4 aromatic carbocycles. The Bertz CT molecular complexity index is 1530. The van der Waals surface area contributed by atoms with Gasteiger partial charge in [0.2, 0.25) is 0 Å². The predicted octanol–water partition coefficient (Wildman–Crippen LogP) is 5.69. The Morgan fingerprint density at radius 1 is 0.821 bits per heavy atom. The third-order valence-electron chi connectivity index (χ3n) is 8.51. The molecule has 2 aliphatic rings. The number of nitrogens with zero attached hydrogens (tertiary/aromatic N) is 3. The van der Waals surface area contributed by atoms with Gasteiger partial charge in [-0.1, -0.05) is 84.9 Å². The zero-order valence-corrected chi connectivity index (χ0v) is 22.3. The van der Waals surface area contributed by atoms with Crippen LogP contribution in [-0.2, 0) is 6.54 Å². The lowest BCUT2D eigenvalue weighted by Gasteiger charge is -2.42. The molecule has 4 atom stereocenters. The van der Waals surface area contributed by atoms with Crippen molar-refractivity contribution in [3.05, 3.63) is 136 Å². The molecule has 0 aliphatic carbocycles. The Balaban J connectivity index is 1.42. The third kappa shape index (κ3) is 4.51. The molecule has 2 aliphatic heterocycles. The van der Waals surface area contributed by atoms with E-state index in [2.05, 4.69) is 71.4 Å². The van der Waals surface area contributed by atoms with Gasteiger partial charge in [-0.3, -0.25) is 4.90 Å². The second-order valence-corrected chi connectivity index (χ2v) is 11.0. The Morgan fingerprint density at radius 2 is 1.44 bits per heavy atom. The van der Waals surface area contributed by atoms with Crippen molar-refractivity contribution in [1.29, 1.82) is 5.26 Å². The van der Waals surface area contributed by atoms with E-state index >= 15 is 0 Å². The SMILES string of the molecule is CN1Cc2cc(C(O)C3c4c(ccc(C#N)c4O)C(c4ccccc4)CN3C)ccc2C(c2ccccc2)C1. The van der Waals surface area contributed by atoms with Gasteiger partial charge in [0.25, 0.3) is 0 Å². The summed E-state index contributed by atoms with van der Waals surface area (Å²) in [5, 5.41) is 32.9. The van der Waals surface area contributed by atoms with Crippen molar-refractivity contribution < 1.29 is 10.2 Å². The highest BCUT2D eigenvalue weighted by molar-refractivity contribution is 5.57. The molecule has 2 heterocycles. The second kappa shape index (κ2) is 10.3. The molecule has 2 N–H and O–H groups in total. The summed E-state index contributed by atoms with van der Waals surface area (Å²) in [4.78, 5) is 4.44. The molecule has 196 valence electrons. The van der Waals surface area contributed by atoms with Crippen LogP contribution in [0.4, 0.5) is 0 Å². The van der Waals surface area contributed by atoms with Gasteiger partial charge in [0.15, 0.2) is 0 Å². The van der Waals surface area contributed by atoms with Crippen molar-refractivity contribution in [2.75, 3.05) is 27.2 Å². The van der Waals surface area contributed by atoms with Crippen LogP contribution in [0.5, 0.6) is 5.75 Å². The van der Waals surface area contributed by atoms with E-state index in [-0.39, 0.29) is 23.1 Å². The summed E-state index contributed by atoms with van der Waals surface area (Å²) in [6.07, 6.45) is -0.877. The molecule has 0 saturated carbocycles. The summed E-state index contributed by atoms with van der Waals surface area (Å²) in [5.41, 5.74) is 7.59. The minimum atomic E-state index is -0.877. The predicted molar refractivity (Wildman–Crippen MR) is 152 cm³/mol. The van der Waals surface area contributed by atoms with E-state index in [0.29, 0.717) is 12.1 Å². The van der Waals surface area contributed by atoms with Gasteiger partial charge in [-0.25, -0.2) is 0 Å². The molecule has 0 amide bonds. The van der Waals surface area contributed by atoms with Gasteiger partial charge in [-0.05, 0) is 53.5 Å². The number of aliphatic hydroxyl groups is 1. The van der Waals surface area contributed by atoms with E-state index < -0.39 is 12.1 Å². The van der Waals surface area contributed by atoms with Gasteiger partial charge in [0.05, 0.1) is 17.7 Å². The van der Waals surface area contributed by atoms with Crippen molar-refractivity contribution in [1.82, 2.24) is 9.80 Å². The first-order chi connectivity index (χ1) is 19.0. The molecule has 0 aromatic heterocycles. The maximum Gasteiger partial charge on any atom is 0.138 e. The zero-order chi connectivity index (χ0) is 27.1. The monoisotopic (exact) mass is 515 g/mol. The molecule has 0 spiro atoms. The number of likely N-dealkylation sites (N-methyl/N-ethyl adjacent to an activating group) is 2. The van der Waals surface area contributed by atoms with E-state index in [4.69, 9.17) is 0 Å². The Morgan fingerprint density at radius 3 is 2.08 bits per heavy atom. The van der Waals surface area contributed by atoms with E-state index in [1.807, 2.05) is 43.4 Å². The Hall–Kier alpha value is -3.95. The summed E-state index contributed by atoms with van der Waals surface area (Å²) in [5.74, 6) is 0.267. The first-order valence-corrected chi connectivity index (χ1v) is 13.5. The zero-order valence-electron chi connectivity index (χ0n) is 22.3. The minimum absolute atomic E-state index is 0.0251. The number of benzene rings is 4. The number of hydrogen-bond acceptors (Lipinski definition) is 5. The summed E-state index contributed by atoms with van der Waals surface area (Å²) < 4.78 is 0. The average Bonchev–Trinajstić information content (AvgIpc) is 2.97. The molecule has 5 nitrogen and oxygen atoms in total. The van der Waals surface area contributed by atoms with Crippen LogP contribution in [0.15, 0.2) is 91.0 Å². The molecule has 0 saturated heterocycles. The molecule has 4 unspecified atom stereocenters. The van der Waals surface area contributed by atoms with E-state index in [9.17, 15) is 15.5 Å². The van der Waals surface area contributed by atoms with Crippen LogP contribution < -0.4 is 0 Å². The molecule has 6 rings (SSSR count). The average molecular weight is 516 g/mol. The second-order valence-electron chi connectivity index (χ2n) is 11.0. The summed E-state index contributed by atoms with van der Waals surface area (Å²) >= 11 is 0. The van der Waals surface area contributed by atoms with Crippen molar-refractivity contribution >= 4 is 0 Å². The number of fused-ring (bicyclic) bond motifs is 2. The summed E-state index contributed by atoms with van der Waals surface area (Å²) in [6, 6.07) is 32.4. The number of phenolic OH excluding ortho intramolecular Hbond substituents is 1. The maximum absolute atomic E-state index is 11.9. The highest BCUT2D eigenvalue weighted by Crippen LogP contribution is 2.49. The van der Waals surface area contributed by atoms with Gasteiger partial charge in [-0.2, -0.15) is 5.26 Å². The van der Waals surface area contributed by atoms with Crippen LogP contribution in [-0.4, -0.2) is 47.2 Å². The van der Waals surface area contributed by atoms with Crippen molar-refractivity contribution in [2.24, 2.45) is 0 Å². The van der Waals surface area contributed by atoms with Crippen LogP contribution in [0, 0.1) is 11.3 Å². The lowest BCUT2D eigenvalue weighted by Crippen LogP contribution is -2.39. The lowest BCUT2D eigenvalue weighted by atomic mass is 9.77. The molecular formula is C34H33N3O2. The van der Waals surface area contributed by atoms with Crippen molar-refractivity contribution in [2.45, 2.75) is 30.5 Å². The number of phenols is 1. The van der Waals surface area contributed by atoms with Gasteiger partial charge >= 0.3 is 0 Å². The normalized spacial score (nSPS) is 21.9. The van der Waals surface area contributed by atoms with Crippen molar-refractivity contribution in [3.8, 4) is 11.8 Å². The molecule has 4 aromatic rings. The molecule has 0 bridgehead atoms. The molecule has 0 radical (unpaired) electrons. The Kier molecular flexibility index (Phi) is 6.70. The molecule has 39 heavy (non-hydrogen) atoms. The third-order valence-corrected chi connectivity index (χ3v) is 8.51. The number of hydrogen-bond donors (Lipinski definition) is 2. The molecule has 5 heteroatoms. The van der Waals surface area contributed by atoms with E-state index in [1.165, 1.54) is 16.7 Å². The fourth-order valence-electron chi connectivity index (χ4n) is 6.62. The van der Waals surface area contributed by atoms with Crippen molar-refractivity contribution in [3.63, 3.8) is 0 Å². The molecule has 0 fully saturated rings. The van der Waals surface area contributed by atoms with Crippen LogP contribution in [0.25, 0.3) is 0 Å². The Labute approximate surface area is 230 Å².